The van der Waals surface area contributed by atoms with Crippen LogP contribution in [0, 0.1) is 36.5 Å². The fourth-order valence-corrected chi connectivity index (χ4v) is 6.60. The summed E-state index contributed by atoms with van der Waals surface area (Å²) in [6.45, 7) is 2.02. The molecule has 4 aliphatic carbocycles. The molecule has 0 aliphatic heterocycles. The van der Waals surface area contributed by atoms with E-state index in [9.17, 15) is 9.90 Å². The number of rotatable bonds is 0. The van der Waals surface area contributed by atoms with Gasteiger partial charge >= 0.3 is 0 Å². The molecule has 0 radical (unpaired) electrons. The largest absolute Gasteiger partial charge is 0.385 e. The van der Waals surface area contributed by atoms with Gasteiger partial charge in [0.1, 0.15) is 5.78 Å². The number of hydrogen-bond donors (Lipinski definition) is 1. The zero-order valence-corrected chi connectivity index (χ0v) is 13.8. The topological polar surface area (TPSA) is 50.2 Å². The minimum absolute atomic E-state index is 0.130. The molecule has 0 aromatic carbocycles. The molecule has 5 rings (SSSR count). The number of aryl methyl sites for hydroxylation is 1. The van der Waals surface area contributed by atoms with E-state index in [1.54, 1.807) is 0 Å². The van der Waals surface area contributed by atoms with Crippen LogP contribution in [0.25, 0.3) is 0 Å². The monoisotopic (exact) mass is 311 g/mol. The first kappa shape index (κ1) is 14.2. The Morgan fingerprint density at radius 3 is 2.91 bits per heavy atom. The molecule has 1 aromatic heterocycles. The standard InChI is InChI=1S/C20H25NO2/c1-11-6-7-15-17(21-11)8-12-10-20(15,23)16-9-18(22)13-4-2-3-5-14(13)19(12)16/h6-7,12-14,16,19,23H,2-5,8-10H2,1H3/t12-,13+,14+,16+,19-,20+/m0/s1. The molecule has 1 N–H and O–H groups in total. The van der Waals surface area contributed by atoms with Crippen molar-refractivity contribution in [1.82, 2.24) is 4.98 Å². The molecule has 0 saturated heterocycles. The first-order valence-electron chi connectivity index (χ1n) is 9.30. The second-order valence-corrected chi connectivity index (χ2v) is 8.45. The predicted octanol–water partition coefficient (Wildman–Crippen LogP) is 3.17. The molecule has 23 heavy (non-hydrogen) atoms. The molecule has 6 atom stereocenters. The number of nitrogens with zero attached hydrogens (tertiary/aromatic N) is 1. The Hall–Kier alpha value is -1.22. The maximum Gasteiger partial charge on any atom is 0.136 e. The van der Waals surface area contributed by atoms with Crippen LogP contribution in [0.3, 0.4) is 0 Å². The summed E-state index contributed by atoms with van der Waals surface area (Å²) < 4.78 is 0. The Morgan fingerprint density at radius 1 is 1.22 bits per heavy atom. The minimum Gasteiger partial charge on any atom is -0.385 e. The summed E-state index contributed by atoms with van der Waals surface area (Å²) in [6, 6.07) is 4.09. The molecule has 1 aromatic rings. The maximum absolute atomic E-state index is 12.7. The van der Waals surface area contributed by atoms with E-state index in [1.807, 2.05) is 13.0 Å². The van der Waals surface area contributed by atoms with E-state index in [4.69, 9.17) is 4.98 Å². The molecule has 3 nitrogen and oxygen atoms in total. The van der Waals surface area contributed by atoms with Gasteiger partial charge < -0.3 is 5.11 Å². The SMILES string of the molecule is Cc1ccc2c(n1)C[C@H]1C[C@]2(O)[C@@H]2CC(=O)[C@@H]3CCCC[C@H]3[C@H]12. The number of aromatic nitrogens is 1. The van der Waals surface area contributed by atoms with Crippen molar-refractivity contribution in [2.75, 3.05) is 0 Å². The number of ketones is 1. The van der Waals surface area contributed by atoms with Crippen LogP contribution >= 0.6 is 0 Å². The highest BCUT2D eigenvalue weighted by Crippen LogP contribution is 2.63. The van der Waals surface area contributed by atoms with Crippen LogP contribution in [0.15, 0.2) is 12.1 Å². The van der Waals surface area contributed by atoms with Gasteiger partial charge in [-0.25, -0.2) is 0 Å². The van der Waals surface area contributed by atoms with Gasteiger partial charge in [-0.3, -0.25) is 9.78 Å². The van der Waals surface area contributed by atoms with Gasteiger partial charge in [0.2, 0.25) is 0 Å². The molecular weight excluding hydrogens is 286 g/mol. The van der Waals surface area contributed by atoms with E-state index in [1.165, 1.54) is 19.3 Å². The average molecular weight is 311 g/mol. The maximum atomic E-state index is 12.7. The number of Topliss-reactive ketones (excluding diaryl/α,β-unsaturated/α-hetero) is 1. The molecule has 3 heteroatoms. The molecule has 2 bridgehead atoms. The average Bonchev–Trinajstić information content (AvgIpc) is 2.76. The van der Waals surface area contributed by atoms with Gasteiger partial charge in [-0.05, 0) is 56.4 Å². The summed E-state index contributed by atoms with van der Waals surface area (Å²) in [5.41, 5.74) is 2.34. The Kier molecular flexibility index (Phi) is 2.87. The van der Waals surface area contributed by atoms with Gasteiger partial charge in [0.25, 0.3) is 0 Å². The van der Waals surface area contributed by atoms with Gasteiger partial charge in [0.15, 0.2) is 0 Å². The van der Waals surface area contributed by atoms with Crippen molar-refractivity contribution in [3.05, 3.63) is 29.1 Å². The number of carbonyl (C=O) groups is 1. The minimum atomic E-state index is -0.804. The Labute approximate surface area is 137 Å². The van der Waals surface area contributed by atoms with E-state index in [-0.39, 0.29) is 11.8 Å². The van der Waals surface area contributed by atoms with Crippen LogP contribution in [0.4, 0.5) is 0 Å². The van der Waals surface area contributed by atoms with E-state index in [0.29, 0.717) is 30.0 Å². The third kappa shape index (κ3) is 1.80. The van der Waals surface area contributed by atoms with Crippen molar-refractivity contribution in [1.29, 1.82) is 0 Å². The number of fused-ring (bicyclic) bond motifs is 9. The molecule has 0 amide bonds. The Balaban J connectivity index is 1.62. The molecule has 3 saturated carbocycles. The number of hydrogen-bond acceptors (Lipinski definition) is 3. The first-order valence-corrected chi connectivity index (χ1v) is 9.30. The summed E-state index contributed by atoms with van der Waals surface area (Å²) >= 11 is 0. The number of carbonyl (C=O) groups excluding carboxylic acids is 1. The molecule has 0 spiro atoms. The van der Waals surface area contributed by atoms with Crippen LogP contribution in [0.2, 0.25) is 0 Å². The number of aliphatic hydroxyl groups is 1. The molecule has 4 aliphatic rings. The van der Waals surface area contributed by atoms with Crippen LogP contribution < -0.4 is 0 Å². The van der Waals surface area contributed by atoms with Crippen LogP contribution in [-0.4, -0.2) is 15.9 Å². The molecule has 0 unspecified atom stereocenters. The van der Waals surface area contributed by atoms with Crippen molar-refractivity contribution in [2.45, 2.75) is 57.5 Å². The second kappa shape index (κ2) is 4.66. The lowest BCUT2D eigenvalue weighted by Crippen LogP contribution is -2.46. The quantitative estimate of drug-likeness (QED) is 0.800. The highest BCUT2D eigenvalue weighted by atomic mass is 16.3. The van der Waals surface area contributed by atoms with Crippen LogP contribution in [0.1, 0.15) is 55.5 Å². The summed E-state index contributed by atoms with van der Waals surface area (Å²) in [4.78, 5) is 17.5. The molecule has 1 heterocycles. The van der Waals surface area contributed by atoms with Crippen molar-refractivity contribution >= 4 is 5.78 Å². The van der Waals surface area contributed by atoms with E-state index >= 15 is 0 Å². The van der Waals surface area contributed by atoms with E-state index < -0.39 is 5.60 Å². The third-order valence-electron chi connectivity index (χ3n) is 7.38. The van der Waals surface area contributed by atoms with Gasteiger partial charge in [0.05, 0.1) is 5.60 Å². The lowest BCUT2D eigenvalue weighted by atomic mass is 9.59. The fourth-order valence-electron chi connectivity index (χ4n) is 6.60. The Bertz CT molecular complexity index is 684. The molecular formula is C20H25NO2. The zero-order valence-electron chi connectivity index (χ0n) is 13.8. The first-order chi connectivity index (χ1) is 11.1. The zero-order chi connectivity index (χ0) is 15.8. The predicted molar refractivity (Wildman–Crippen MR) is 86.7 cm³/mol. The summed E-state index contributed by atoms with van der Waals surface area (Å²) in [7, 11) is 0. The van der Waals surface area contributed by atoms with E-state index in [0.717, 1.165) is 36.2 Å². The highest BCUT2D eigenvalue weighted by Gasteiger charge is 2.62. The van der Waals surface area contributed by atoms with Crippen LogP contribution in [-0.2, 0) is 16.8 Å². The van der Waals surface area contributed by atoms with Gasteiger partial charge in [0, 0.05) is 35.2 Å². The van der Waals surface area contributed by atoms with Crippen molar-refractivity contribution in [3.8, 4) is 0 Å². The van der Waals surface area contributed by atoms with Gasteiger partial charge in [-0.2, -0.15) is 0 Å². The second-order valence-electron chi connectivity index (χ2n) is 8.45. The fraction of sp³-hybridized carbons (Fsp3) is 0.700. The Morgan fingerprint density at radius 2 is 2.04 bits per heavy atom. The normalized spacial score (nSPS) is 44.4. The van der Waals surface area contributed by atoms with E-state index in [2.05, 4.69) is 6.07 Å². The summed E-state index contributed by atoms with van der Waals surface area (Å²) in [6.07, 6.45) is 7.17. The van der Waals surface area contributed by atoms with Crippen molar-refractivity contribution in [2.24, 2.45) is 29.6 Å². The third-order valence-corrected chi connectivity index (χ3v) is 7.38. The van der Waals surface area contributed by atoms with Crippen LogP contribution in [0.5, 0.6) is 0 Å². The van der Waals surface area contributed by atoms with Gasteiger partial charge in [-0.15, -0.1) is 0 Å². The van der Waals surface area contributed by atoms with Crippen molar-refractivity contribution in [3.63, 3.8) is 0 Å². The molecule has 122 valence electrons. The summed E-state index contributed by atoms with van der Waals surface area (Å²) in [5.74, 6) is 2.40. The smallest absolute Gasteiger partial charge is 0.136 e. The lowest BCUT2D eigenvalue weighted by molar-refractivity contribution is -0.138. The number of pyridine rings is 1. The highest BCUT2D eigenvalue weighted by molar-refractivity contribution is 5.83. The van der Waals surface area contributed by atoms with Crippen molar-refractivity contribution < 1.29 is 9.90 Å². The lowest BCUT2D eigenvalue weighted by Gasteiger charge is -2.45. The molecule has 3 fully saturated rings. The van der Waals surface area contributed by atoms with Gasteiger partial charge in [-0.1, -0.05) is 18.9 Å². The summed E-state index contributed by atoms with van der Waals surface area (Å²) in [5, 5.41) is 11.6.